The molecule has 0 bridgehead atoms. The van der Waals surface area contributed by atoms with Gasteiger partial charge in [0.25, 0.3) is 5.91 Å². The normalized spacial score (nSPS) is 11.9. The molecule has 0 aliphatic carbocycles. The van der Waals surface area contributed by atoms with Crippen molar-refractivity contribution in [3.05, 3.63) is 59.4 Å². The molecule has 0 aliphatic rings. The second-order valence-corrected chi connectivity index (χ2v) is 7.83. The summed E-state index contributed by atoms with van der Waals surface area (Å²) in [6.07, 6.45) is 3.17. The van der Waals surface area contributed by atoms with Crippen molar-refractivity contribution in [2.24, 2.45) is 7.05 Å². The van der Waals surface area contributed by atoms with Crippen LogP contribution in [0.1, 0.15) is 29.7 Å². The molecule has 9 nitrogen and oxygen atoms in total. The lowest BCUT2D eigenvalue weighted by molar-refractivity contribution is -0.123. The minimum absolute atomic E-state index is 0.122. The van der Waals surface area contributed by atoms with Gasteiger partial charge in [0.05, 0.1) is 30.9 Å². The highest BCUT2D eigenvalue weighted by Crippen LogP contribution is 2.30. The molecule has 4 rings (SSSR count). The van der Waals surface area contributed by atoms with Crippen molar-refractivity contribution in [2.75, 3.05) is 13.7 Å². The van der Waals surface area contributed by atoms with E-state index in [1.165, 1.54) is 6.20 Å². The summed E-state index contributed by atoms with van der Waals surface area (Å²) in [4.78, 5) is 25.6. The lowest BCUT2D eigenvalue weighted by atomic mass is 10.0. The van der Waals surface area contributed by atoms with Crippen LogP contribution in [-0.2, 0) is 11.8 Å². The number of amides is 1. The Balaban J connectivity index is 1.52. The quantitative estimate of drug-likeness (QED) is 0.464. The molecule has 4 aromatic rings. The second-order valence-electron chi connectivity index (χ2n) is 7.83. The van der Waals surface area contributed by atoms with E-state index in [9.17, 15) is 4.79 Å². The van der Waals surface area contributed by atoms with Crippen LogP contribution >= 0.6 is 0 Å². The first-order valence-corrected chi connectivity index (χ1v) is 10.6. The molecular formula is C24H26N6O3. The Kier molecular flexibility index (Phi) is 6.21. The minimum Gasteiger partial charge on any atom is -0.480 e. The molecule has 9 heteroatoms. The Morgan fingerprint density at radius 2 is 1.91 bits per heavy atom. The minimum atomic E-state index is -0.220. The third-order valence-corrected chi connectivity index (χ3v) is 5.42. The van der Waals surface area contributed by atoms with E-state index < -0.39 is 0 Å². The summed E-state index contributed by atoms with van der Waals surface area (Å²) >= 11 is 0. The van der Waals surface area contributed by atoms with Gasteiger partial charge < -0.3 is 14.8 Å². The van der Waals surface area contributed by atoms with Crippen LogP contribution in [0.5, 0.6) is 11.8 Å². The number of rotatable bonds is 7. The SMILES string of the molecule is COc1cncc(-c2nn(C)c3nc(OCC(=O)NC(C)c4ccccc4C)cc(C)c23)n1. The van der Waals surface area contributed by atoms with E-state index in [-0.39, 0.29) is 18.6 Å². The maximum atomic E-state index is 12.5. The Labute approximate surface area is 191 Å². The molecule has 0 aliphatic heterocycles. The van der Waals surface area contributed by atoms with E-state index in [1.807, 2.05) is 45.0 Å². The van der Waals surface area contributed by atoms with Crippen molar-refractivity contribution in [1.29, 1.82) is 0 Å². The van der Waals surface area contributed by atoms with Crippen molar-refractivity contribution < 1.29 is 14.3 Å². The number of pyridine rings is 1. The van der Waals surface area contributed by atoms with E-state index >= 15 is 0 Å². The average molecular weight is 447 g/mol. The summed E-state index contributed by atoms with van der Waals surface area (Å²) in [5.74, 6) is 0.537. The van der Waals surface area contributed by atoms with Gasteiger partial charge >= 0.3 is 0 Å². The van der Waals surface area contributed by atoms with Gasteiger partial charge in [-0.15, -0.1) is 0 Å². The molecule has 1 amide bonds. The smallest absolute Gasteiger partial charge is 0.258 e. The molecule has 0 radical (unpaired) electrons. The highest BCUT2D eigenvalue weighted by Gasteiger charge is 2.18. The molecule has 1 N–H and O–H groups in total. The lowest BCUT2D eigenvalue weighted by Crippen LogP contribution is -2.31. The Bertz CT molecular complexity index is 1320. The van der Waals surface area contributed by atoms with Gasteiger partial charge in [0.15, 0.2) is 12.3 Å². The van der Waals surface area contributed by atoms with E-state index in [2.05, 4.69) is 25.4 Å². The zero-order valence-corrected chi connectivity index (χ0v) is 19.3. The highest BCUT2D eigenvalue weighted by molar-refractivity contribution is 5.93. The van der Waals surface area contributed by atoms with Gasteiger partial charge in [0.2, 0.25) is 11.8 Å². The monoisotopic (exact) mass is 446 g/mol. The summed E-state index contributed by atoms with van der Waals surface area (Å²) in [5, 5.41) is 8.38. The zero-order valence-electron chi connectivity index (χ0n) is 19.3. The Morgan fingerprint density at radius 3 is 2.67 bits per heavy atom. The van der Waals surface area contributed by atoms with Gasteiger partial charge in [-0.1, -0.05) is 24.3 Å². The molecule has 170 valence electrons. The number of ether oxygens (including phenoxy) is 2. The fourth-order valence-electron chi connectivity index (χ4n) is 3.79. The number of nitrogens with one attached hydrogen (secondary N) is 1. The first-order valence-electron chi connectivity index (χ1n) is 10.6. The molecule has 0 saturated carbocycles. The van der Waals surface area contributed by atoms with Crippen molar-refractivity contribution in [3.63, 3.8) is 0 Å². The van der Waals surface area contributed by atoms with Crippen LogP contribution in [0.3, 0.4) is 0 Å². The van der Waals surface area contributed by atoms with Crippen molar-refractivity contribution >= 4 is 16.9 Å². The predicted molar refractivity (Wildman–Crippen MR) is 124 cm³/mol. The topological polar surface area (TPSA) is 104 Å². The molecule has 0 spiro atoms. The number of hydrogen-bond donors (Lipinski definition) is 1. The van der Waals surface area contributed by atoms with Crippen LogP contribution in [0.2, 0.25) is 0 Å². The summed E-state index contributed by atoms with van der Waals surface area (Å²) < 4.78 is 12.6. The third kappa shape index (κ3) is 4.62. The molecule has 0 fully saturated rings. The lowest BCUT2D eigenvalue weighted by Gasteiger charge is -2.16. The number of aryl methyl sites for hydroxylation is 3. The molecule has 33 heavy (non-hydrogen) atoms. The number of methoxy groups -OCH3 is 1. The van der Waals surface area contributed by atoms with Gasteiger partial charge in [-0.3, -0.25) is 9.78 Å². The molecule has 0 saturated heterocycles. The molecule has 3 aromatic heterocycles. The average Bonchev–Trinajstić information content (AvgIpc) is 3.15. The number of nitrogens with zero attached hydrogens (tertiary/aromatic N) is 5. The van der Waals surface area contributed by atoms with Gasteiger partial charge in [0.1, 0.15) is 11.4 Å². The van der Waals surface area contributed by atoms with Gasteiger partial charge in [-0.05, 0) is 37.5 Å². The van der Waals surface area contributed by atoms with Crippen molar-refractivity contribution in [3.8, 4) is 23.1 Å². The predicted octanol–water partition coefficient (Wildman–Crippen LogP) is 3.31. The first-order chi connectivity index (χ1) is 15.9. The fraction of sp³-hybridized carbons (Fsp3) is 0.292. The van der Waals surface area contributed by atoms with Crippen LogP contribution in [0.4, 0.5) is 0 Å². The summed E-state index contributed by atoms with van der Waals surface area (Å²) in [5.41, 5.74) is 4.96. The van der Waals surface area contributed by atoms with Crippen molar-refractivity contribution in [2.45, 2.75) is 26.8 Å². The number of benzene rings is 1. The van der Waals surface area contributed by atoms with Crippen LogP contribution in [0.15, 0.2) is 42.7 Å². The molecule has 3 heterocycles. The van der Waals surface area contributed by atoms with E-state index in [4.69, 9.17) is 9.47 Å². The number of aromatic nitrogens is 5. The third-order valence-electron chi connectivity index (χ3n) is 5.42. The first kappa shape index (κ1) is 22.2. The molecule has 1 atom stereocenters. The zero-order chi connectivity index (χ0) is 23.5. The number of fused-ring (bicyclic) bond motifs is 1. The Morgan fingerprint density at radius 1 is 1.12 bits per heavy atom. The summed E-state index contributed by atoms with van der Waals surface area (Å²) in [6, 6.07) is 9.64. The maximum absolute atomic E-state index is 12.5. The Hall–Kier alpha value is -4.01. The highest BCUT2D eigenvalue weighted by atomic mass is 16.5. The maximum Gasteiger partial charge on any atom is 0.258 e. The van der Waals surface area contributed by atoms with E-state index in [0.29, 0.717) is 28.8 Å². The number of hydrogen-bond acceptors (Lipinski definition) is 7. The molecule has 1 aromatic carbocycles. The summed E-state index contributed by atoms with van der Waals surface area (Å²) in [7, 11) is 3.34. The van der Waals surface area contributed by atoms with Gasteiger partial charge in [-0.2, -0.15) is 10.1 Å². The molecular weight excluding hydrogens is 420 g/mol. The van der Waals surface area contributed by atoms with E-state index in [1.54, 1.807) is 31.1 Å². The van der Waals surface area contributed by atoms with Gasteiger partial charge in [-0.25, -0.2) is 9.67 Å². The second kappa shape index (κ2) is 9.23. The number of carbonyl (C=O) groups is 1. The van der Waals surface area contributed by atoms with Crippen LogP contribution in [0, 0.1) is 13.8 Å². The number of carbonyl (C=O) groups excluding carboxylic acids is 1. The largest absolute Gasteiger partial charge is 0.480 e. The van der Waals surface area contributed by atoms with Crippen LogP contribution < -0.4 is 14.8 Å². The van der Waals surface area contributed by atoms with Crippen LogP contribution in [-0.4, -0.2) is 44.4 Å². The summed E-state index contributed by atoms with van der Waals surface area (Å²) in [6.45, 7) is 5.78. The standard InChI is InChI=1S/C24H26N6O3/c1-14-8-6-7-9-17(14)16(3)26-19(31)13-33-20-10-15(2)22-23(29-30(4)24(22)28-20)18-11-25-12-21(27-18)32-5/h6-12,16H,13H2,1-5H3,(H,26,31). The van der Waals surface area contributed by atoms with E-state index in [0.717, 1.165) is 22.1 Å². The van der Waals surface area contributed by atoms with Crippen molar-refractivity contribution in [1.82, 2.24) is 30.0 Å². The molecule has 1 unspecified atom stereocenters. The fourth-order valence-corrected chi connectivity index (χ4v) is 3.79. The van der Waals surface area contributed by atoms with Gasteiger partial charge in [0, 0.05) is 13.1 Å². The van der Waals surface area contributed by atoms with Crippen LogP contribution in [0.25, 0.3) is 22.4 Å².